The van der Waals surface area contributed by atoms with Crippen molar-refractivity contribution in [1.29, 1.82) is 0 Å². The molecular formula is C21H13Cl2FN4. The molecule has 138 valence electrons. The molecule has 1 heterocycles. The van der Waals surface area contributed by atoms with E-state index in [0.29, 0.717) is 27.3 Å². The van der Waals surface area contributed by atoms with E-state index in [1.165, 1.54) is 12.1 Å². The van der Waals surface area contributed by atoms with E-state index in [1.54, 1.807) is 36.5 Å². The van der Waals surface area contributed by atoms with Gasteiger partial charge in [0.25, 0.3) is 0 Å². The Kier molecular flexibility index (Phi) is 5.19. The van der Waals surface area contributed by atoms with Gasteiger partial charge < -0.3 is 0 Å². The van der Waals surface area contributed by atoms with Crippen molar-refractivity contribution in [3.8, 4) is 11.4 Å². The summed E-state index contributed by atoms with van der Waals surface area (Å²) in [5, 5.41) is 6.03. The average molecular weight is 411 g/mol. The summed E-state index contributed by atoms with van der Waals surface area (Å²) >= 11 is 12.3. The van der Waals surface area contributed by atoms with E-state index in [0.717, 1.165) is 16.5 Å². The lowest BCUT2D eigenvalue weighted by Gasteiger charge is -2.09. The largest absolute Gasteiger partial charge is 0.261 e. The zero-order valence-corrected chi connectivity index (χ0v) is 15.9. The lowest BCUT2D eigenvalue weighted by atomic mass is 10.2. The van der Waals surface area contributed by atoms with Crippen LogP contribution >= 0.6 is 23.2 Å². The molecular weight excluding hydrogens is 398 g/mol. The molecule has 0 fully saturated rings. The van der Waals surface area contributed by atoms with Gasteiger partial charge in [0.1, 0.15) is 5.82 Å². The fourth-order valence-electron chi connectivity index (χ4n) is 2.67. The molecule has 0 atom stereocenters. The van der Waals surface area contributed by atoms with Crippen LogP contribution in [0.4, 0.5) is 10.2 Å². The molecule has 0 saturated carbocycles. The molecule has 0 radical (unpaired) electrons. The third kappa shape index (κ3) is 3.96. The number of hydrazone groups is 1. The molecule has 1 N–H and O–H groups in total. The van der Waals surface area contributed by atoms with Crippen molar-refractivity contribution in [3.05, 3.63) is 88.2 Å². The smallest absolute Gasteiger partial charge is 0.163 e. The monoisotopic (exact) mass is 410 g/mol. The number of nitrogens with zero attached hydrogens (tertiary/aromatic N) is 3. The molecule has 0 aliphatic heterocycles. The number of anilines is 1. The molecule has 0 unspecified atom stereocenters. The molecule has 28 heavy (non-hydrogen) atoms. The Hall–Kier alpha value is -3.02. The minimum Gasteiger partial charge on any atom is -0.261 e. The minimum atomic E-state index is -0.295. The molecule has 0 bridgehead atoms. The first-order chi connectivity index (χ1) is 13.6. The van der Waals surface area contributed by atoms with Crippen molar-refractivity contribution in [2.24, 2.45) is 5.10 Å². The van der Waals surface area contributed by atoms with E-state index in [9.17, 15) is 4.39 Å². The van der Waals surface area contributed by atoms with E-state index in [4.69, 9.17) is 23.2 Å². The van der Waals surface area contributed by atoms with Crippen molar-refractivity contribution in [2.45, 2.75) is 0 Å². The van der Waals surface area contributed by atoms with Gasteiger partial charge in [-0.1, -0.05) is 47.5 Å². The zero-order chi connectivity index (χ0) is 19.5. The lowest BCUT2D eigenvalue weighted by molar-refractivity contribution is 0.628. The van der Waals surface area contributed by atoms with Crippen molar-refractivity contribution in [2.75, 3.05) is 5.43 Å². The van der Waals surface area contributed by atoms with Gasteiger partial charge >= 0.3 is 0 Å². The zero-order valence-electron chi connectivity index (χ0n) is 14.4. The van der Waals surface area contributed by atoms with Gasteiger partial charge in [-0.2, -0.15) is 5.10 Å². The van der Waals surface area contributed by atoms with E-state index in [2.05, 4.69) is 20.5 Å². The van der Waals surface area contributed by atoms with Crippen LogP contribution in [0.25, 0.3) is 22.3 Å². The van der Waals surface area contributed by atoms with Gasteiger partial charge in [-0.25, -0.2) is 14.4 Å². The Balaban J connectivity index is 1.73. The molecule has 0 aliphatic carbocycles. The average Bonchev–Trinajstić information content (AvgIpc) is 2.69. The maximum atomic E-state index is 13.0. The molecule has 7 heteroatoms. The Morgan fingerprint density at radius 1 is 0.929 bits per heavy atom. The van der Waals surface area contributed by atoms with Crippen molar-refractivity contribution in [3.63, 3.8) is 0 Å². The van der Waals surface area contributed by atoms with E-state index in [1.807, 2.05) is 24.3 Å². The lowest BCUT2D eigenvalue weighted by Crippen LogP contribution is -1.99. The summed E-state index contributed by atoms with van der Waals surface area (Å²) in [6, 6.07) is 18.8. The second-order valence-electron chi connectivity index (χ2n) is 5.96. The van der Waals surface area contributed by atoms with E-state index < -0.39 is 0 Å². The number of para-hydroxylation sites is 1. The van der Waals surface area contributed by atoms with Crippen LogP contribution in [0.2, 0.25) is 10.0 Å². The van der Waals surface area contributed by atoms with Crippen molar-refractivity contribution < 1.29 is 4.39 Å². The molecule has 0 amide bonds. The summed E-state index contributed by atoms with van der Waals surface area (Å²) in [6.45, 7) is 0. The van der Waals surface area contributed by atoms with Crippen LogP contribution in [-0.4, -0.2) is 16.2 Å². The number of hydrogen-bond acceptors (Lipinski definition) is 4. The second-order valence-corrected chi connectivity index (χ2v) is 6.80. The predicted molar refractivity (Wildman–Crippen MR) is 113 cm³/mol. The Morgan fingerprint density at radius 2 is 1.71 bits per heavy atom. The highest BCUT2D eigenvalue weighted by molar-refractivity contribution is 6.36. The molecule has 4 nitrogen and oxygen atoms in total. The summed E-state index contributed by atoms with van der Waals surface area (Å²) in [5.41, 5.74) is 5.12. The van der Waals surface area contributed by atoms with Gasteiger partial charge in [-0.3, -0.25) is 5.43 Å². The number of aromatic nitrogens is 2. The standard InChI is InChI=1S/C21H13Cl2FN4/c22-14-7-10-16(18(23)11-14)20-26-19-4-2-1-3-17(19)21(27-20)28-25-12-13-5-8-15(24)9-6-13/h1-12H,(H,26,27,28). The molecule has 0 saturated heterocycles. The highest BCUT2D eigenvalue weighted by Gasteiger charge is 2.12. The first kappa shape index (κ1) is 18.3. The highest BCUT2D eigenvalue weighted by atomic mass is 35.5. The predicted octanol–water partition coefficient (Wildman–Crippen LogP) is 6.19. The van der Waals surface area contributed by atoms with Crippen molar-refractivity contribution >= 4 is 46.1 Å². The summed E-state index contributed by atoms with van der Waals surface area (Å²) in [4.78, 5) is 9.18. The molecule has 4 rings (SSSR count). The van der Waals surface area contributed by atoms with Crippen LogP contribution < -0.4 is 5.43 Å². The number of hydrogen-bond donors (Lipinski definition) is 1. The van der Waals surface area contributed by atoms with Gasteiger partial charge in [0.05, 0.1) is 16.8 Å². The second kappa shape index (κ2) is 7.92. The van der Waals surface area contributed by atoms with Gasteiger partial charge in [-0.05, 0) is 48.0 Å². The SMILES string of the molecule is Fc1ccc(C=NNc2nc(-c3ccc(Cl)cc3Cl)nc3ccccc23)cc1. The van der Waals surface area contributed by atoms with Crippen LogP contribution in [0.5, 0.6) is 0 Å². The summed E-state index contributed by atoms with van der Waals surface area (Å²) in [5.74, 6) is 0.696. The quantitative estimate of drug-likeness (QED) is 0.322. The number of benzene rings is 3. The van der Waals surface area contributed by atoms with Gasteiger partial charge in [0.2, 0.25) is 0 Å². The Bertz CT molecular complexity index is 1180. The Morgan fingerprint density at radius 3 is 2.50 bits per heavy atom. The van der Waals surface area contributed by atoms with Crippen molar-refractivity contribution in [1.82, 2.24) is 9.97 Å². The number of fused-ring (bicyclic) bond motifs is 1. The van der Waals surface area contributed by atoms with Crippen LogP contribution in [0.3, 0.4) is 0 Å². The van der Waals surface area contributed by atoms with Gasteiger partial charge in [0.15, 0.2) is 11.6 Å². The fraction of sp³-hybridized carbons (Fsp3) is 0. The maximum Gasteiger partial charge on any atom is 0.163 e. The highest BCUT2D eigenvalue weighted by Crippen LogP contribution is 2.31. The molecule has 1 aromatic heterocycles. The topological polar surface area (TPSA) is 50.2 Å². The van der Waals surface area contributed by atoms with Crippen LogP contribution in [0.15, 0.2) is 71.8 Å². The van der Waals surface area contributed by atoms with Gasteiger partial charge in [-0.15, -0.1) is 0 Å². The molecule has 4 aromatic rings. The van der Waals surface area contributed by atoms with Gasteiger partial charge in [0, 0.05) is 16.0 Å². The summed E-state index contributed by atoms with van der Waals surface area (Å²) in [7, 11) is 0. The normalized spacial score (nSPS) is 11.2. The molecule has 3 aromatic carbocycles. The van der Waals surface area contributed by atoms with E-state index >= 15 is 0 Å². The summed E-state index contributed by atoms with van der Waals surface area (Å²) in [6.07, 6.45) is 1.59. The van der Waals surface area contributed by atoms with Crippen LogP contribution in [0.1, 0.15) is 5.56 Å². The number of halogens is 3. The first-order valence-corrected chi connectivity index (χ1v) is 9.12. The molecule has 0 spiro atoms. The first-order valence-electron chi connectivity index (χ1n) is 8.37. The third-order valence-electron chi connectivity index (χ3n) is 4.03. The minimum absolute atomic E-state index is 0.295. The third-order valence-corrected chi connectivity index (χ3v) is 4.58. The Labute approximate surface area is 170 Å². The fourth-order valence-corrected chi connectivity index (χ4v) is 3.16. The maximum absolute atomic E-state index is 13.0. The summed E-state index contributed by atoms with van der Waals surface area (Å²) < 4.78 is 13.0. The number of nitrogens with one attached hydrogen (secondary N) is 1. The number of rotatable bonds is 4. The molecule has 0 aliphatic rings. The van der Waals surface area contributed by atoms with Crippen LogP contribution in [0, 0.1) is 5.82 Å². The van der Waals surface area contributed by atoms with Crippen LogP contribution in [-0.2, 0) is 0 Å². The van der Waals surface area contributed by atoms with E-state index in [-0.39, 0.29) is 5.82 Å².